The SMILES string of the molecule is CC(CNC1CC1)Sc1nnc(C2CC2)n1C1CC1. The Morgan fingerprint density at radius 2 is 2.00 bits per heavy atom. The Bertz CT molecular complexity index is 460. The van der Waals surface area contributed by atoms with Crippen LogP contribution in [0.4, 0.5) is 0 Å². The number of nitrogens with one attached hydrogen (secondary N) is 1. The molecule has 0 saturated heterocycles. The summed E-state index contributed by atoms with van der Waals surface area (Å²) in [4.78, 5) is 0. The molecule has 0 spiro atoms. The van der Waals surface area contributed by atoms with Gasteiger partial charge in [0.1, 0.15) is 5.82 Å². The highest BCUT2D eigenvalue weighted by atomic mass is 32.2. The maximum Gasteiger partial charge on any atom is 0.191 e. The van der Waals surface area contributed by atoms with Gasteiger partial charge >= 0.3 is 0 Å². The van der Waals surface area contributed by atoms with Crippen molar-refractivity contribution < 1.29 is 0 Å². The van der Waals surface area contributed by atoms with E-state index < -0.39 is 0 Å². The lowest BCUT2D eigenvalue weighted by molar-refractivity contribution is 0.622. The van der Waals surface area contributed by atoms with E-state index in [1.54, 1.807) is 0 Å². The quantitative estimate of drug-likeness (QED) is 0.779. The topological polar surface area (TPSA) is 42.7 Å². The normalized spacial score (nSPS) is 24.7. The molecular weight excluding hydrogens is 256 g/mol. The van der Waals surface area contributed by atoms with E-state index in [0.717, 1.165) is 17.7 Å². The molecule has 3 fully saturated rings. The van der Waals surface area contributed by atoms with Crippen LogP contribution in [0.15, 0.2) is 5.16 Å². The third kappa shape index (κ3) is 2.82. The molecule has 1 unspecified atom stereocenters. The molecule has 0 aromatic carbocycles. The Hall–Kier alpha value is -0.550. The summed E-state index contributed by atoms with van der Waals surface area (Å²) >= 11 is 1.90. The smallest absolute Gasteiger partial charge is 0.191 e. The summed E-state index contributed by atoms with van der Waals surface area (Å²) in [5.74, 6) is 1.98. The Labute approximate surface area is 118 Å². The average Bonchev–Trinajstić information content (AvgIpc) is 3.24. The van der Waals surface area contributed by atoms with Gasteiger partial charge in [0.05, 0.1) is 0 Å². The number of hydrogen-bond acceptors (Lipinski definition) is 4. The van der Waals surface area contributed by atoms with Crippen molar-refractivity contribution in [2.75, 3.05) is 6.54 Å². The summed E-state index contributed by atoms with van der Waals surface area (Å²) < 4.78 is 2.45. The molecule has 0 aliphatic heterocycles. The lowest BCUT2D eigenvalue weighted by Crippen LogP contribution is -2.24. The van der Waals surface area contributed by atoms with E-state index in [-0.39, 0.29) is 0 Å². The van der Waals surface area contributed by atoms with E-state index in [2.05, 4.69) is 27.0 Å². The first-order chi connectivity index (χ1) is 9.31. The Kier molecular flexibility index (Phi) is 3.07. The van der Waals surface area contributed by atoms with Gasteiger partial charge in [-0.25, -0.2) is 0 Å². The lowest BCUT2D eigenvalue weighted by atomic mass is 10.4. The highest BCUT2D eigenvalue weighted by Gasteiger charge is 2.36. The number of nitrogens with zero attached hydrogens (tertiary/aromatic N) is 3. The van der Waals surface area contributed by atoms with Crippen LogP contribution in [0.1, 0.15) is 63.2 Å². The molecule has 1 aromatic rings. The van der Waals surface area contributed by atoms with E-state index in [1.165, 1.54) is 44.3 Å². The maximum atomic E-state index is 4.47. The van der Waals surface area contributed by atoms with Crippen LogP contribution in [-0.4, -0.2) is 32.6 Å². The summed E-state index contributed by atoms with van der Waals surface area (Å²) in [6, 6.07) is 1.50. The molecule has 1 heterocycles. The maximum absolute atomic E-state index is 4.47. The molecule has 1 aromatic heterocycles. The van der Waals surface area contributed by atoms with Crippen LogP contribution in [0.2, 0.25) is 0 Å². The molecule has 1 atom stereocenters. The Morgan fingerprint density at radius 1 is 1.21 bits per heavy atom. The first-order valence-electron chi connectivity index (χ1n) is 7.66. The van der Waals surface area contributed by atoms with Crippen LogP contribution < -0.4 is 5.32 Å². The highest BCUT2D eigenvalue weighted by Crippen LogP contribution is 2.46. The van der Waals surface area contributed by atoms with E-state index in [0.29, 0.717) is 17.2 Å². The zero-order chi connectivity index (χ0) is 12.8. The molecule has 0 bridgehead atoms. The Morgan fingerprint density at radius 3 is 2.63 bits per heavy atom. The summed E-state index contributed by atoms with van der Waals surface area (Å²) in [5, 5.41) is 14.3. The van der Waals surface area contributed by atoms with Gasteiger partial charge < -0.3 is 9.88 Å². The molecule has 3 saturated carbocycles. The van der Waals surface area contributed by atoms with Crippen molar-refractivity contribution in [1.82, 2.24) is 20.1 Å². The molecule has 3 aliphatic rings. The van der Waals surface area contributed by atoms with Gasteiger partial charge in [0, 0.05) is 29.8 Å². The van der Waals surface area contributed by atoms with Crippen molar-refractivity contribution >= 4 is 11.8 Å². The standard InChI is InChI=1S/C14H22N4S/c1-9(8-15-11-4-5-11)19-14-17-16-13(10-2-3-10)18(14)12-6-7-12/h9-12,15H,2-8H2,1H3. The van der Waals surface area contributed by atoms with Gasteiger partial charge in [-0.3, -0.25) is 0 Å². The zero-order valence-electron chi connectivity index (χ0n) is 11.5. The third-order valence-electron chi connectivity index (χ3n) is 4.12. The minimum absolute atomic E-state index is 0.578. The van der Waals surface area contributed by atoms with Crippen molar-refractivity contribution in [3.05, 3.63) is 5.82 Å². The molecule has 0 amide bonds. The molecule has 19 heavy (non-hydrogen) atoms. The summed E-state index contributed by atoms with van der Waals surface area (Å²) in [6.45, 7) is 3.38. The second-order valence-electron chi connectivity index (χ2n) is 6.33. The van der Waals surface area contributed by atoms with Crippen molar-refractivity contribution in [3.8, 4) is 0 Å². The molecule has 0 radical (unpaired) electrons. The van der Waals surface area contributed by atoms with Crippen LogP contribution in [0, 0.1) is 0 Å². The fourth-order valence-electron chi connectivity index (χ4n) is 2.51. The molecule has 3 aliphatic carbocycles. The van der Waals surface area contributed by atoms with Gasteiger partial charge in [-0.15, -0.1) is 10.2 Å². The molecular formula is C14H22N4S. The molecule has 1 N–H and O–H groups in total. The van der Waals surface area contributed by atoms with Crippen molar-refractivity contribution in [3.63, 3.8) is 0 Å². The Balaban J connectivity index is 1.43. The van der Waals surface area contributed by atoms with Crippen LogP contribution in [-0.2, 0) is 0 Å². The minimum Gasteiger partial charge on any atom is -0.313 e. The molecule has 4 rings (SSSR count). The average molecular weight is 278 g/mol. The number of thioether (sulfide) groups is 1. The van der Waals surface area contributed by atoms with Crippen LogP contribution in [0.25, 0.3) is 0 Å². The summed E-state index contributed by atoms with van der Waals surface area (Å²) in [6.07, 6.45) is 7.99. The molecule has 5 heteroatoms. The molecule has 4 nitrogen and oxygen atoms in total. The number of rotatable bonds is 7. The number of hydrogen-bond donors (Lipinski definition) is 1. The van der Waals surface area contributed by atoms with Gasteiger partial charge in [-0.2, -0.15) is 0 Å². The van der Waals surface area contributed by atoms with Crippen molar-refractivity contribution in [1.29, 1.82) is 0 Å². The fraction of sp³-hybridized carbons (Fsp3) is 0.857. The summed E-state index contributed by atoms with van der Waals surface area (Å²) in [7, 11) is 0. The third-order valence-corrected chi connectivity index (χ3v) is 5.18. The van der Waals surface area contributed by atoms with E-state index >= 15 is 0 Å². The monoisotopic (exact) mass is 278 g/mol. The van der Waals surface area contributed by atoms with Gasteiger partial charge in [0.25, 0.3) is 0 Å². The largest absolute Gasteiger partial charge is 0.313 e. The predicted molar refractivity (Wildman–Crippen MR) is 76.6 cm³/mol. The number of aromatic nitrogens is 3. The minimum atomic E-state index is 0.578. The zero-order valence-corrected chi connectivity index (χ0v) is 12.3. The predicted octanol–water partition coefficient (Wildman–Crippen LogP) is 2.72. The first-order valence-corrected chi connectivity index (χ1v) is 8.54. The fourth-order valence-corrected chi connectivity index (χ4v) is 3.49. The van der Waals surface area contributed by atoms with Gasteiger partial charge in [-0.1, -0.05) is 18.7 Å². The van der Waals surface area contributed by atoms with Gasteiger partial charge in [0.2, 0.25) is 0 Å². The second-order valence-corrected chi connectivity index (χ2v) is 7.73. The van der Waals surface area contributed by atoms with Crippen LogP contribution in [0.3, 0.4) is 0 Å². The van der Waals surface area contributed by atoms with Crippen molar-refractivity contribution in [2.24, 2.45) is 0 Å². The summed E-state index contributed by atoms with van der Waals surface area (Å²) in [5.41, 5.74) is 0. The molecule has 104 valence electrons. The van der Waals surface area contributed by atoms with Gasteiger partial charge in [-0.05, 0) is 38.5 Å². The van der Waals surface area contributed by atoms with Crippen LogP contribution in [0.5, 0.6) is 0 Å². The van der Waals surface area contributed by atoms with Crippen molar-refractivity contribution in [2.45, 2.75) is 73.9 Å². The van der Waals surface area contributed by atoms with E-state index in [1.807, 2.05) is 11.8 Å². The second kappa shape index (κ2) is 4.77. The lowest BCUT2D eigenvalue weighted by Gasteiger charge is -2.13. The van der Waals surface area contributed by atoms with E-state index in [9.17, 15) is 0 Å². The van der Waals surface area contributed by atoms with Gasteiger partial charge in [0.15, 0.2) is 5.16 Å². The highest BCUT2D eigenvalue weighted by molar-refractivity contribution is 7.99. The van der Waals surface area contributed by atoms with Crippen LogP contribution >= 0.6 is 11.8 Å². The first kappa shape index (κ1) is 12.2. The van der Waals surface area contributed by atoms with E-state index in [4.69, 9.17) is 0 Å².